The van der Waals surface area contributed by atoms with E-state index in [4.69, 9.17) is 14.2 Å². The van der Waals surface area contributed by atoms with Crippen molar-refractivity contribution in [2.75, 3.05) is 31.7 Å². The molecule has 2 N–H and O–H groups in total. The van der Waals surface area contributed by atoms with Crippen molar-refractivity contribution in [1.29, 1.82) is 0 Å². The Morgan fingerprint density at radius 3 is 2.86 bits per heavy atom. The predicted octanol–water partition coefficient (Wildman–Crippen LogP) is 2.50. The quantitative estimate of drug-likeness (QED) is 0.425. The van der Waals surface area contributed by atoms with Crippen LogP contribution in [-0.4, -0.2) is 59.6 Å². The number of nitrogens with one attached hydrogen (secondary N) is 1. The fraction of sp³-hybridized carbons (Fsp3) is 0.269. The summed E-state index contributed by atoms with van der Waals surface area (Å²) >= 11 is 0. The van der Waals surface area contributed by atoms with Gasteiger partial charge in [0.05, 0.1) is 24.5 Å². The van der Waals surface area contributed by atoms with E-state index >= 15 is 0 Å². The molecule has 1 amide bonds. The van der Waals surface area contributed by atoms with Crippen molar-refractivity contribution >= 4 is 11.6 Å². The number of hydrogen-bond donors (Lipinski definition) is 2. The van der Waals surface area contributed by atoms with Gasteiger partial charge in [-0.25, -0.2) is 4.98 Å². The van der Waals surface area contributed by atoms with Gasteiger partial charge in [0, 0.05) is 37.8 Å². The Morgan fingerprint density at radius 2 is 2.11 bits per heavy atom. The molecule has 1 fully saturated rings. The minimum Gasteiger partial charge on any atom is -0.489 e. The number of likely N-dealkylation sites (N-methyl/N-ethyl adjacent to an activating group) is 1. The second-order valence-electron chi connectivity index (χ2n) is 8.47. The van der Waals surface area contributed by atoms with Crippen molar-refractivity contribution in [3.05, 3.63) is 72.1 Å². The Balaban J connectivity index is 1.24. The molecular formula is C26H23FN4O5. The van der Waals surface area contributed by atoms with E-state index in [1.807, 2.05) is 30.1 Å². The van der Waals surface area contributed by atoms with Gasteiger partial charge in [0.1, 0.15) is 29.5 Å². The highest BCUT2D eigenvalue weighted by molar-refractivity contribution is 5.92. The molecule has 184 valence electrons. The highest BCUT2D eigenvalue weighted by Crippen LogP contribution is 2.31. The standard InChI is InChI=1S/C26H23FN4O5/c1-31-15-18(16-34-23-4-2-17(12-22(23)31)6-8-26(33)9-11-35-26)30-25(32)21-13-19(7-10-28-21)36-20-3-5-24(27)29-14-20/h2-5,7,10,12-14,18,33H,9,11,15-16H2,1H3,(H,30,32)/t18-,26?/m1/s1. The number of amides is 1. The maximum absolute atomic E-state index is 13.0. The lowest BCUT2D eigenvalue weighted by atomic mass is 10.1. The maximum atomic E-state index is 13.0. The van der Waals surface area contributed by atoms with Crippen LogP contribution in [0.5, 0.6) is 17.2 Å². The molecule has 9 nitrogen and oxygen atoms in total. The number of pyridine rings is 2. The Labute approximate surface area is 206 Å². The lowest BCUT2D eigenvalue weighted by Crippen LogP contribution is -2.45. The first-order valence-corrected chi connectivity index (χ1v) is 11.3. The van der Waals surface area contributed by atoms with Gasteiger partial charge < -0.3 is 29.5 Å². The molecule has 10 heteroatoms. The zero-order valence-corrected chi connectivity index (χ0v) is 19.4. The summed E-state index contributed by atoms with van der Waals surface area (Å²) in [5, 5.41) is 13.0. The summed E-state index contributed by atoms with van der Waals surface area (Å²) in [6.45, 7) is 1.25. The summed E-state index contributed by atoms with van der Waals surface area (Å²) < 4.78 is 29.7. The Kier molecular flexibility index (Phi) is 6.41. The van der Waals surface area contributed by atoms with Crippen LogP contribution in [0.25, 0.3) is 0 Å². The number of carbonyl (C=O) groups is 1. The molecule has 5 rings (SSSR count). The van der Waals surface area contributed by atoms with Gasteiger partial charge in [0.15, 0.2) is 0 Å². The van der Waals surface area contributed by atoms with Crippen molar-refractivity contribution in [2.45, 2.75) is 18.2 Å². The largest absolute Gasteiger partial charge is 0.489 e. The van der Waals surface area contributed by atoms with Crippen LogP contribution >= 0.6 is 0 Å². The molecule has 36 heavy (non-hydrogen) atoms. The summed E-state index contributed by atoms with van der Waals surface area (Å²) in [5.74, 6) is 4.72. The van der Waals surface area contributed by atoms with Crippen molar-refractivity contribution < 1.29 is 28.5 Å². The van der Waals surface area contributed by atoms with E-state index in [1.54, 1.807) is 6.07 Å². The van der Waals surface area contributed by atoms with Gasteiger partial charge in [-0.1, -0.05) is 5.92 Å². The molecule has 1 saturated heterocycles. The van der Waals surface area contributed by atoms with Crippen molar-refractivity contribution in [3.8, 4) is 29.1 Å². The number of rotatable bonds is 4. The van der Waals surface area contributed by atoms with Crippen molar-refractivity contribution in [2.24, 2.45) is 0 Å². The van der Waals surface area contributed by atoms with Gasteiger partial charge in [0.2, 0.25) is 11.7 Å². The van der Waals surface area contributed by atoms with Crippen LogP contribution in [0.4, 0.5) is 10.1 Å². The average molecular weight is 490 g/mol. The van der Waals surface area contributed by atoms with Crippen molar-refractivity contribution in [3.63, 3.8) is 0 Å². The van der Waals surface area contributed by atoms with Crippen LogP contribution in [0, 0.1) is 17.8 Å². The third-order valence-electron chi connectivity index (χ3n) is 5.72. The molecule has 0 aliphatic carbocycles. The second kappa shape index (κ2) is 9.81. The number of hydrogen-bond acceptors (Lipinski definition) is 8. The summed E-state index contributed by atoms with van der Waals surface area (Å²) in [6.07, 6.45) is 3.20. The highest BCUT2D eigenvalue weighted by Gasteiger charge is 2.33. The third kappa shape index (κ3) is 5.38. The van der Waals surface area contributed by atoms with Crippen molar-refractivity contribution in [1.82, 2.24) is 15.3 Å². The molecule has 2 aromatic heterocycles. The molecule has 4 heterocycles. The minimum absolute atomic E-state index is 0.167. The van der Waals surface area contributed by atoms with E-state index < -0.39 is 11.7 Å². The normalized spacial score (nSPS) is 20.5. The number of ether oxygens (including phenoxy) is 3. The first-order chi connectivity index (χ1) is 17.4. The highest BCUT2D eigenvalue weighted by atomic mass is 19.1. The van der Waals surface area contributed by atoms with Crippen LogP contribution < -0.4 is 19.7 Å². The second-order valence-corrected chi connectivity index (χ2v) is 8.47. The van der Waals surface area contributed by atoms with E-state index in [2.05, 4.69) is 27.1 Å². The van der Waals surface area contributed by atoms with Gasteiger partial charge >= 0.3 is 0 Å². The number of carbonyl (C=O) groups excluding carboxylic acids is 1. The molecule has 2 atom stereocenters. The van der Waals surface area contributed by atoms with Gasteiger partial charge in [-0.2, -0.15) is 4.39 Å². The Bertz CT molecular complexity index is 1330. The van der Waals surface area contributed by atoms with E-state index in [-0.39, 0.29) is 24.2 Å². The van der Waals surface area contributed by atoms with Crippen LogP contribution in [-0.2, 0) is 4.74 Å². The minimum atomic E-state index is -1.36. The van der Waals surface area contributed by atoms with Gasteiger partial charge in [-0.15, -0.1) is 0 Å². The molecular weight excluding hydrogens is 467 g/mol. The fourth-order valence-corrected chi connectivity index (χ4v) is 3.76. The molecule has 1 unspecified atom stereocenters. The topological polar surface area (TPSA) is 106 Å². The molecule has 1 aromatic carbocycles. The summed E-state index contributed by atoms with van der Waals surface area (Å²) in [4.78, 5) is 22.6. The third-order valence-corrected chi connectivity index (χ3v) is 5.72. The number of aliphatic hydroxyl groups is 1. The maximum Gasteiger partial charge on any atom is 0.270 e. The van der Waals surface area contributed by atoms with Crippen LogP contribution in [0.3, 0.4) is 0 Å². The number of anilines is 1. The molecule has 2 aliphatic heterocycles. The zero-order valence-electron chi connectivity index (χ0n) is 19.4. The molecule has 0 bridgehead atoms. The SMILES string of the molecule is CN1C[C@@H](NC(=O)c2cc(Oc3ccc(F)nc3)ccn2)COc2ccc(C#CC3(O)CCO3)cc21. The first kappa shape index (κ1) is 23.5. The van der Waals surface area contributed by atoms with Crippen LogP contribution in [0.2, 0.25) is 0 Å². The molecule has 0 radical (unpaired) electrons. The van der Waals surface area contributed by atoms with Gasteiger partial charge in [-0.05, 0) is 42.3 Å². The number of nitrogens with zero attached hydrogens (tertiary/aromatic N) is 3. The van der Waals surface area contributed by atoms with Crippen LogP contribution in [0.15, 0.2) is 54.9 Å². The molecule has 3 aromatic rings. The van der Waals surface area contributed by atoms with E-state index in [0.29, 0.717) is 42.4 Å². The monoisotopic (exact) mass is 490 g/mol. The summed E-state index contributed by atoms with van der Waals surface area (Å²) in [7, 11) is 1.90. The van der Waals surface area contributed by atoms with Gasteiger partial charge in [-0.3, -0.25) is 9.78 Å². The average Bonchev–Trinajstić information content (AvgIpc) is 3.01. The fourth-order valence-electron chi connectivity index (χ4n) is 3.76. The Morgan fingerprint density at radius 1 is 1.25 bits per heavy atom. The lowest BCUT2D eigenvalue weighted by Gasteiger charge is -2.31. The van der Waals surface area contributed by atoms with Gasteiger partial charge in [0.25, 0.3) is 5.91 Å². The molecule has 0 spiro atoms. The molecule has 0 saturated carbocycles. The van der Waals surface area contributed by atoms with E-state index in [0.717, 1.165) is 5.69 Å². The first-order valence-electron chi connectivity index (χ1n) is 11.3. The predicted molar refractivity (Wildman–Crippen MR) is 127 cm³/mol. The zero-order chi connectivity index (χ0) is 25.1. The van der Waals surface area contributed by atoms with Crippen LogP contribution in [0.1, 0.15) is 22.5 Å². The summed E-state index contributed by atoms with van der Waals surface area (Å²) in [6, 6.07) is 10.9. The number of fused-ring (bicyclic) bond motifs is 1. The number of halogens is 1. The van der Waals surface area contributed by atoms with E-state index in [9.17, 15) is 14.3 Å². The Hall–Kier alpha value is -4.20. The number of aromatic nitrogens is 2. The summed E-state index contributed by atoms with van der Waals surface area (Å²) in [5.41, 5.74) is 1.70. The lowest BCUT2D eigenvalue weighted by molar-refractivity contribution is -0.240. The molecule has 2 aliphatic rings. The smallest absolute Gasteiger partial charge is 0.270 e. The van der Waals surface area contributed by atoms with E-state index in [1.165, 1.54) is 30.6 Å². The number of benzene rings is 1.